The highest BCUT2D eigenvalue weighted by atomic mass is 16.5. The molecule has 2 aromatic rings. The van der Waals surface area contributed by atoms with Gasteiger partial charge in [-0.2, -0.15) is 0 Å². The number of fused-ring (bicyclic) bond motifs is 2. The predicted octanol–water partition coefficient (Wildman–Crippen LogP) is 2.85. The van der Waals surface area contributed by atoms with Crippen molar-refractivity contribution in [3.63, 3.8) is 0 Å². The molecule has 168 valence electrons. The van der Waals surface area contributed by atoms with E-state index in [9.17, 15) is 24.0 Å². The van der Waals surface area contributed by atoms with Gasteiger partial charge < -0.3 is 4.74 Å². The highest BCUT2D eigenvalue weighted by molar-refractivity contribution is 6.23. The Labute approximate surface area is 190 Å². The van der Waals surface area contributed by atoms with Gasteiger partial charge in [0.25, 0.3) is 23.6 Å². The number of amides is 4. The van der Waals surface area contributed by atoms with E-state index in [0.717, 1.165) is 9.80 Å². The number of hydrogen-bond acceptors (Lipinski definition) is 6. The Kier molecular flexibility index (Phi) is 5.68. The fraction of sp³-hybridized carbons (Fsp3) is 0.240. The molecule has 4 amide bonds. The fourth-order valence-corrected chi connectivity index (χ4v) is 4.09. The zero-order valence-corrected chi connectivity index (χ0v) is 18.2. The van der Waals surface area contributed by atoms with Crippen LogP contribution in [0.4, 0.5) is 0 Å². The quantitative estimate of drug-likeness (QED) is 0.368. The summed E-state index contributed by atoms with van der Waals surface area (Å²) in [5.74, 6) is -2.65. The number of benzene rings is 2. The lowest BCUT2D eigenvalue weighted by molar-refractivity contribution is -0.153. The molecule has 0 spiro atoms. The molecule has 8 heteroatoms. The van der Waals surface area contributed by atoms with Crippen molar-refractivity contribution in [3.8, 4) is 0 Å². The minimum atomic E-state index is -1.60. The van der Waals surface area contributed by atoms with Crippen LogP contribution in [0.25, 0.3) is 0 Å². The number of hydrogen-bond donors (Lipinski definition) is 0. The van der Waals surface area contributed by atoms with E-state index in [4.69, 9.17) is 4.74 Å². The minimum Gasteiger partial charge on any atom is -0.464 e. The van der Waals surface area contributed by atoms with E-state index < -0.39 is 35.1 Å². The number of carbonyl (C=O) groups is 5. The molecule has 0 N–H and O–H groups in total. The van der Waals surface area contributed by atoms with Gasteiger partial charge >= 0.3 is 5.97 Å². The van der Waals surface area contributed by atoms with Gasteiger partial charge in [-0.15, -0.1) is 0 Å². The second kappa shape index (κ2) is 8.46. The molecular weight excluding hydrogens is 424 g/mol. The Morgan fingerprint density at radius 2 is 1.27 bits per heavy atom. The molecule has 0 bridgehead atoms. The van der Waals surface area contributed by atoms with Crippen molar-refractivity contribution in [3.05, 3.63) is 82.9 Å². The summed E-state index contributed by atoms with van der Waals surface area (Å²) in [7, 11) is 0. The third kappa shape index (κ3) is 3.53. The lowest BCUT2D eigenvalue weighted by atomic mass is 9.94. The van der Waals surface area contributed by atoms with Gasteiger partial charge in [-0.25, -0.2) is 4.79 Å². The third-order valence-corrected chi connectivity index (χ3v) is 5.85. The first-order valence-corrected chi connectivity index (χ1v) is 10.6. The molecule has 0 radical (unpaired) electrons. The monoisotopic (exact) mass is 446 g/mol. The maximum atomic E-state index is 13.0. The molecule has 0 aromatic heterocycles. The summed E-state index contributed by atoms with van der Waals surface area (Å²) >= 11 is 0. The molecule has 8 nitrogen and oxygen atoms in total. The molecule has 0 aliphatic carbocycles. The van der Waals surface area contributed by atoms with E-state index in [0.29, 0.717) is 11.1 Å². The van der Waals surface area contributed by atoms with E-state index in [2.05, 4.69) is 0 Å². The highest BCUT2D eigenvalue weighted by Crippen LogP contribution is 2.33. The van der Waals surface area contributed by atoms with Crippen molar-refractivity contribution in [1.82, 2.24) is 9.80 Å². The van der Waals surface area contributed by atoms with Gasteiger partial charge in [0, 0.05) is 6.54 Å². The lowest BCUT2D eigenvalue weighted by Crippen LogP contribution is -2.55. The molecule has 2 heterocycles. The van der Waals surface area contributed by atoms with Gasteiger partial charge in [0.1, 0.15) is 5.54 Å². The first kappa shape index (κ1) is 22.1. The van der Waals surface area contributed by atoms with Crippen LogP contribution in [0.5, 0.6) is 0 Å². The first-order chi connectivity index (χ1) is 15.8. The van der Waals surface area contributed by atoms with Crippen LogP contribution < -0.4 is 0 Å². The van der Waals surface area contributed by atoms with Crippen molar-refractivity contribution < 1.29 is 28.7 Å². The average Bonchev–Trinajstić information content (AvgIpc) is 3.22. The van der Waals surface area contributed by atoms with Crippen LogP contribution in [-0.4, -0.2) is 58.1 Å². The van der Waals surface area contributed by atoms with E-state index in [1.807, 2.05) is 0 Å². The number of esters is 1. The first-order valence-electron chi connectivity index (χ1n) is 10.6. The molecule has 0 fully saturated rings. The number of imide groups is 2. The predicted molar refractivity (Wildman–Crippen MR) is 118 cm³/mol. The number of nitrogens with zero attached hydrogens (tertiary/aromatic N) is 2. The highest BCUT2D eigenvalue weighted by Gasteiger charge is 2.51. The molecule has 4 rings (SSSR count). The second-order valence-corrected chi connectivity index (χ2v) is 7.93. The topological polar surface area (TPSA) is 101 Å². The summed E-state index contributed by atoms with van der Waals surface area (Å²) < 4.78 is 5.18. The Morgan fingerprint density at radius 1 is 0.818 bits per heavy atom. The van der Waals surface area contributed by atoms with Crippen molar-refractivity contribution in [2.45, 2.75) is 25.8 Å². The molecule has 2 aliphatic rings. The van der Waals surface area contributed by atoms with Gasteiger partial charge in [0.2, 0.25) is 0 Å². The molecule has 2 aromatic carbocycles. The minimum absolute atomic E-state index is 0.00658. The Hall–Kier alpha value is -4.07. The summed E-state index contributed by atoms with van der Waals surface area (Å²) in [5, 5.41) is 0. The smallest absolute Gasteiger partial charge is 0.332 e. The molecule has 33 heavy (non-hydrogen) atoms. The fourth-order valence-electron chi connectivity index (χ4n) is 4.09. The summed E-state index contributed by atoms with van der Waals surface area (Å²) in [4.78, 5) is 65.9. The number of carbonyl (C=O) groups excluding carboxylic acids is 5. The summed E-state index contributed by atoms with van der Waals surface area (Å²) in [6.07, 6.45) is 3.10. The molecule has 0 saturated heterocycles. The van der Waals surface area contributed by atoms with Crippen LogP contribution in [0.2, 0.25) is 0 Å². The van der Waals surface area contributed by atoms with E-state index >= 15 is 0 Å². The van der Waals surface area contributed by atoms with Crippen LogP contribution in [0.1, 0.15) is 61.7 Å². The Morgan fingerprint density at radius 3 is 1.73 bits per heavy atom. The van der Waals surface area contributed by atoms with E-state index in [-0.39, 0.29) is 30.7 Å². The SMILES string of the molecule is CCOC(=O)C(C)(C/C=C/CN1C(=O)c2ccccc2C1=O)N1C(=O)c2ccccc2C1=O. The van der Waals surface area contributed by atoms with Crippen LogP contribution in [0, 0.1) is 0 Å². The Balaban J connectivity index is 1.55. The van der Waals surface area contributed by atoms with Gasteiger partial charge in [-0.3, -0.25) is 29.0 Å². The molecule has 0 saturated carbocycles. The van der Waals surface area contributed by atoms with Crippen LogP contribution in [-0.2, 0) is 9.53 Å². The van der Waals surface area contributed by atoms with E-state index in [1.54, 1.807) is 67.6 Å². The van der Waals surface area contributed by atoms with Crippen LogP contribution >= 0.6 is 0 Å². The zero-order valence-electron chi connectivity index (χ0n) is 18.2. The summed E-state index contributed by atoms with van der Waals surface area (Å²) in [6.45, 7) is 3.18. The largest absolute Gasteiger partial charge is 0.464 e. The number of rotatable bonds is 7. The van der Waals surface area contributed by atoms with Gasteiger partial charge in [-0.1, -0.05) is 36.4 Å². The van der Waals surface area contributed by atoms with Gasteiger partial charge in [0.15, 0.2) is 0 Å². The third-order valence-electron chi connectivity index (χ3n) is 5.85. The summed E-state index contributed by atoms with van der Waals surface area (Å²) in [5.41, 5.74) is -0.445. The lowest BCUT2D eigenvalue weighted by Gasteiger charge is -2.34. The maximum absolute atomic E-state index is 13.0. The average molecular weight is 446 g/mol. The van der Waals surface area contributed by atoms with Crippen molar-refractivity contribution in [1.29, 1.82) is 0 Å². The van der Waals surface area contributed by atoms with Crippen molar-refractivity contribution in [2.75, 3.05) is 13.2 Å². The van der Waals surface area contributed by atoms with Crippen LogP contribution in [0.3, 0.4) is 0 Å². The maximum Gasteiger partial charge on any atom is 0.332 e. The second-order valence-electron chi connectivity index (χ2n) is 7.93. The van der Waals surface area contributed by atoms with Crippen LogP contribution in [0.15, 0.2) is 60.7 Å². The van der Waals surface area contributed by atoms with Gasteiger partial charge in [-0.05, 0) is 44.5 Å². The molecule has 1 unspecified atom stereocenters. The normalized spacial score (nSPS) is 16.9. The Bertz CT molecular complexity index is 1150. The zero-order chi connectivity index (χ0) is 23.8. The standard InChI is InChI=1S/C25H22N2O6/c1-3-33-24(32)25(2,27-22(30)18-12-6-7-13-19(18)23(27)31)14-8-9-15-26-20(28)16-10-4-5-11-17(16)21(26)29/h4-13H,3,14-15H2,1-2H3/b9-8+. The van der Waals surface area contributed by atoms with E-state index in [1.165, 1.54) is 6.92 Å². The molecule has 2 aliphatic heterocycles. The molecule has 1 atom stereocenters. The van der Waals surface area contributed by atoms with Crippen molar-refractivity contribution >= 4 is 29.6 Å². The summed E-state index contributed by atoms with van der Waals surface area (Å²) in [6, 6.07) is 13.0. The number of ether oxygens (including phenoxy) is 1. The molecular formula is C25H22N2O6. The van der Waals surface area contributed by atoms with Gasteiger partial charge in [0.05, 0.1) is 28.9 Å². The van der Waals surface area contributed by atoms with Crippen molar-refractivity contribution in [2.24, 2.45) is 0 Å².